The van der Waals surface area contributed by atoms with Crippen molar-refractivity contribution >= 4 is 42.1 Å². The summed E-state index contributed by atoms with van der Waals surface area (Å²) >= 11 is 2.18. The lowest BCUT2D eigenvalue weighted by Crippen LogP contribution is -2.46. The lowest BCUT2D eigenvalue weighted by molar-refractivity contribution is -0.125. The fraction of sp³-hybridized carbons (Fsp3) is 0.273. The van der Waals surface area contributed by atoms with Crippen LogP contribution in [0.4, 0.5) is 0 Å². The standard InChI is InChI=1S/C14H16IN3O2S.C6H6.C2H6/c15-21-18-7-6-11(9-18)14(20)17-12(13(16)19)8-10-4-2-1-3-5-10;1-2-4-6-5-3-1;1-2/h1-6,12H,7-9H2,(H2,16,19)(H,17,20);1-6H;1-2H3. The summed E-state index contributed by atoms with van der Waals surface area (Å²) < 4.78 is 2.05. The lowest BCUT2D eigenvalue weighted by Gasteiger charge is -2.16. The van der Waals surface area contributed by atoms with Gasteiger partial charge >= 0.3 is 0 Å². The molecule has 1 atom stereocenters. The fourth-order valence-corrected chi connectivity index (χ4v) is 3.68. The van der Waals surface area contributed by atoms with Gasteiger partial charge in [0, 0.05) is 46.3 Å². The summed E-state index contributed by atoms with van der Waals surface area (Å²) in [7, 11) is 1.56. The molecule has 2 aromatic rings. The average Bonchev–Trinajstić information content (AvgIpc) is 3.26. The molecular weight excluding hydrogens is 497 g/mol. The van der Waals surface area contributed by atoms with Crippen LogP contribution >= 0.6 is 30.3 Å². The Hall–Kier alpha value is -1.84. The molecule has 1 aliphatic rings. The SMILES string of the molecule is CC.NC(=O)C(Cc1ccccc1)NC(=O)C1=CCN(SI)C1.c1ccccc1. The molecular formula is C22H28IN3O2S. The molecule has 0 aromatic heterocycles. The highest BCUT2D eigenvalue weighted by molar-refractivity contribution is 14.2. The Balaban J connectivity index is 0.000000442. The number of carbonyl (C=O) groups is 2. The zero-order valence-electron chi connectivity index (χ0n) is 16.8. The van der Waals surface area contributed by atoms with E-state index in [-0.39, 0.29) is 5.91 Å². The second kappa shape index (κ2) is 15.1. The number of halogens is 1. The minimum atomic E-state index is -0.692. The van der Waals surface area contributed by atoms with Crippen LogP contribution in [0.3, 0.4) is 0 Å². The molecule has 7 heteroatoms. The first kappa shape index (κ1) is 25.2. The minimum absolute atomic E-state index is 0.220. The third-order valence-electron chi connectivity index (χ3n) is 3.88. The van der Waals surface area contributed by atoms with Crippen molar-refractivity contribution in [3.8, 4) is 0 Å². The van der Waals surface area contributed by atoms with Crippen LogP contribution in [0.1, 0.15) is 19.4 Å². The van der Waals surface area contributed by atoms with Gasteiger partial charge in [-0.15, -0.1) is 0 Å². The van der Waals surface area contributed by atoms with Gasteiger partial charge < -0.3 is 11.1 Å². The number of amides is 2. The van der Waals surface area contributed by atoms with Crippen molar-refractivity contribution in [2.75, 3.05) is 13.1 Å². The number of benzene rings is 2. The van der Waals surface area contributed by atoms with Crippen LogP contribution in [0.25, 0.3) is 0 Å². The second-order valence-corrected chi connectivity index (χ2v) is 7.73. The number of primary amides is 1. The van der Waals surface area contributed by atoms with E-state index in [1.165, 1.54) is 0 Å². The number of hydrogen-bond donors (Lipinski definition) is 2. The number of nitrogens with one attached hydrogen (secondary N) is 1. The second-order valence-electron chi connectivity index (χ2n) is 5.89. The van der Waals surface area contributed by atoms with Crippen LogP contribution in [0, 0.1) is 0 Å². The highest BCUT2D eigenvalue weighted by Gasteiger charge is 2.24. The topological polar surface area (TPSA) is 75.4 Å². The van der Waals surface area contributed by atoms with E-state index in [1.54, 1.807) is 9.12 Å². The summed E-state index contributed by atoms with van der Waals surface area (Å²) in [6.45, 7) is 5.31. The zero-order chi connectivity index (χ0) is 21.5. The summed E-state index contributed by atoms with van der Waals surface area (Å²) in [5.41, 5.74) is 7.04. The summed E-state index contributed by atoms with van der Waals surface area (Å²) in [5.74, 6) is -0.742. The van der Waals surface area contributed by atoms with E-state index < -0.39 is 11.9 Å². The maximum atomic E-state index is 12.2. The Morgan fingerprint density at radius 2 is 1.59 bits per heavy atom. The first-order valence-electron chi connectivity index (χ1n) is 9.47. The predicted octanol–water partition coefficient (Wildman–Crippen LogP) is 4.15. The highest BCUT2D eigenvalue weighted by atomic mass is 127. The molecule has 29 heavy (non-hydrogen) atoms. The van der Waals surface area contributed by atoms with Crippen molar-refractivity contribution in [2.45, 2.75) is 26.3 Å². The van der Waals surface area contributed by atoms with Gasteiger partial charge in [-0.2, -0.15) is 0 Å². The maximum Gasteiger partial charge on any atom is 0.248 e. The van der Waals surface area contributed by atoms with Crippen LogP contribution in [-0.2, 0) is 16.0 Å². The molecule has 0 fully saturated rings. The molecule has 0 aliphatic carbocycles. The molecule has 156 valence electrons. The Morgan fingerprint density at radius 1 is 1.07 bits per heavy atom. The van der Waals surface area contributed by atoms with Gasteiger partial charge in [0.25, 0.3) is 0 Å². The number of nitrogens with two attached hydrogens (primary N) is 1. The molecule has 5 nitrogen and oxygen atoms in total. The normalized spacial score (nSPS) is 13.7. The molecule has 2 amide bonds. The van der Waals surface area contributed by atoms with E-state index in [2.05, 4.69) is 26.5 Å². The molecule has 0 saturated carbocycles. The first-order valence-corrected chi connectivity index (χ1v) is 12.8. The largest absolute Gasteiger partial charge is 0.368 e. The van der Waals surface area contributed by atoms with Gasteiger partial charge in [-0.1, -0.05) is 86.7 Å². The molecule has 1 unspecified atom stereocenters. The zero-order valence-corrected chi connectivity index (χ0v) is 19.7. The van der Waals surface area contributed by atoms with Gasteiger partial charge in [0.15, 0.2) is 0 Å². The van der Waals surface area contributed by atoms with Crippen LogP contribution in [0.15, 0.2) is 78.4 Å². The highest BCUT2D eigenvalue weighted by Crippen LogP contribution is 2.23. The summed E-state index contributed by atoms with van der Waals surface area (Å²) in [6, 6.07) is 20.8. The van der Waals surface area contributed by atoms with Gasteiger partial charge in [-0.25, -0.2) is 4.31 Å². The fourth-order valence-electron chi connectivity index (χ4n) is 2.46. The first-order chi connectivity index (χ1) is 14.1. The van der Waals surface area contributed by atoms with E-state index >= 15 is 0 Å². The molecule has 3 rings (SSSR count). The summed E-state index contributed by atoms with van der Waals surface area (Å²) in [4.78, 5) is 23.7. The van der Waals surface area contributed by atoms with E-state index in [9.17, 15) is 9.59 Å². The van der Waals surface area contributed by atoms with E-state index in [4.69, 9.17) is 5.73 Å². The third kappa shape index (κ3) is 9.96. The third-order valence-corrected chi connectivity index (χ3v) is 6.02. The smallest absolute Gasteiger partial charge is 0.248 e. The maximum absolute atomic E-state index is 12.2. The summed E-state index contributed by atoms with van der Waals surface area (Å²) in [6.07, 6.45) is 2.28. The van der Waals surface area contributed by atoms with Crippen LogP contribution < -0.4 is 11.1 Å². The Bertz CT molecular complexity index is 730. The van der Waals surface area contributed by atoms with Crippen molar-refractivity contribution in [3.63, 3.8) is 0 Å². The Labute approximate surface area is 189 Å². The van der Waals surface area contributed by atoms with E-state index in [0.717, 1.165) is 12.1 Å². The van der Waals surface area contributed by atoms with Crippen molar-refractivity contribution in [1.82, 2.24) is 9.62 Å². The van der Waals surface area contributed by atoms with Crippen LogP contribution in [-0.4, -0.2) is 35.3 Å². The molecule has 0 radical (unpaired) electrons. The van der Waals surface area contributed by atoms with Gasteiger partial charge in [-0.3, -0.25) is 9.59 Å². The van der Waals surface area contributed by atoms with Crippen molar-refractivity contribution in [3.05, 3.63) is 83.9 Å². The van der Waals surface area contributed by atoms with Gasteiger partial charge in [0.1, 0.15) is 6.04 Å². The number of hydrogen-bond acceptors (Lipinski definition) is 4. The molecule has 0 bridgehead atoms. The van der Waals surface area contributed by atoms with E-state index in [1.807, 2.05) is 91.0 Å². The number of rotatable bonds is 6. The minimum Gasteiger partial charge on any atom is -0.368 e. The molecule has 3 N–H and O–H groups in total. The van der Waals surface area contributed by atoms with Gasteiger partial charge in [0.2, 0.25) is 11.8 Å². The number of carbonyl (C=O) groups excluding carboxylic acids is 2. The number of nitrogens with zero attached hydrogens (tertiary/aromatic N) is 1. The quantitative estimate of drug-likeness (QED) is 0.439. The Morgan fingerprint density at radius 3 is 2.03 bits per heavy atom. The predicted molar refractivity (Wildman–Crippen MR) is 130 cm³/mol. The van der Waals surface area contributed by atoms with Crippen LogP contribution in [0.5, 0.6) is 0 Å². The molecule has 0 saturated heterocycles. The summed E-state index contributed by atoms with van der Waals surface area (Å²) in [5, 5.41) is 2.73. The van der Waals surface area contributed by atoms with Crippen LogP contribution in [0.2, 0.25) is 0 Å². The Kier molecular flexibility index (Phi) is 13.1. The van der Waals surface area contributed by atoms with E-state index in [0.29, 0.717) is 18.5 Å². The lowest BCUT2D eigenvalue weighted by atomic mass is 10.1. The molecule has 2 aromatic carbocycles. The molecule has 1 heterocycles. The van der Waals surface area contributed by atoms with Crippen molar-refractivity contribution < 1.29 is 9.59 Å². The average molecular weight is 525 g/mol. The molecule has 1 aliphatic heterocycles. The van der Waals surface area contributed by atoms with Crippen molar-refractivity contribution in [1.29, 1.82) is 0 Å². The van der Waals surface area contributed by atoms with Gasteiger partial charge in [0.05, 0.1) is 0 Å². The van der Waals surface area contributed by atoms with Crippen molar-refractivity contribution in [2.24, 2.45) is 5.73 Å². The van der Waals surface area contributed by atoms with Gasteiger partial charge in [-0.05, 0) is 14.7 Å². The monoisotopic (exact) mass is 525 g/mol. The molecule has 0 spiro atoms.